The lowest BCUT2D eigenvalue weighted by Gasteiger charge is -2.44. The number of hydrogen-bond donors (Lipinski definition) is 0. The van der Waals surface area contributed by atoms with Crippen LogP contribution in [0.15, 0.2) is 42.5 Å². The highest BCUT2D eigenvalue weighted by molar-refractivity contribution is 7.99. The molecule has 5 nitrogen and oxygen atoms in total. The van der Waals surface area contributed by atoms with Crippen LogP contribution < -0.4 is 14.2 Å². The van der Waals surface area contributed by atoms with E-state index in [2.05, 4.69) is 24.5 Å². The van der Waals surface area contributed by atoms with Gasteiger partial charge in [0.1, 0.15) is 23.9 Å². The summed E-state index contributed by atoms with van der Waals surface area (Å²) in [7, 11) is 4.83. The topological polar surface area (TPSA) is 54.0 Å². The Kier molecular flexibility index (Phi) is 9.36. The van der Waals surface area contributed by atoms with E-state index in [1.165, 1.54) is 18.2 Å². The number of rotatable bonds is 12. The Morgan fingerprint density at radius 1 is 0.970 bits per heavy atom. The first-order chi connectivity index (χ1) is 16.1. The Hall–Kier alpha value is -2.34. The van der Waals surface area contributed by atoms with Gasteiger partial charge in [-0.05, 0) is 48.4 Å². The molecule has 0 saturated heterocycles. The zero-order valence-electron chi connectivity index (χ0n) is 20.2. The fourth-order valence-corrected chi connectivity index (χ4v) is 5.78. The third-order valence-corrected chi connectivity index (χ3v) is 8.01. The standard InChI is InChI=1S/C27H36O5S/c1-29-21-14-12-20(13-15-21)27(33-4)19-32-25-18-22(30-2)16-17-23(25)24(27)10-8-6-5-7-9-11-26(28)31-3/h12-18,24H,5-11,19H2,1-4H3. The molecule has 0 aliphatic carbocycles. The van der Waals surface area contributed by atoms with E-state index in [0.717, 1.165) is 55.8 Å². The van der Waals surface area contributed by atoms with Gasteiger partial charge in [0, 0.05) is 18.4 Å². The smallest absolute Gasteiger partial charge is 0.305 e. The fraction of sp³-hybridized carbons (Fsp3) is 0.519. The van der Waals surface area contributed by atoms with Crippen molar-refractivity contribution >= 4 is 17.7 Å². The molecule has 2 unspecified atom stereocenters. The van der Waals surface area contributed by atoms with Crippen LogP contribution in [0.25, 0.3) is 0 Å². The van der Waals surface area contributed by atoms with Crippen molar-refractivity contribution in [3.8, 4) is 17.2 Å². The number of unbranched alkanes of at least 4 members (excludes halogenated alkanes) is 4. The number of ether oxygens (including phenoxy) is 4. The second kappa shape index (κ2) is 12.2. The zero-order valence-corrected chi connectivity index (χ0v) is 21.0. The molecule has 1 heterocycles. The Bertz CT molecular complexity index is 898. The maximum absolute atomic E-state index is 11.3. The van der Waals surface area contributed by atoms with Gasteiger partial charge in [-0.3, -0.25) is 4.79 Å². The molecule has 2 aromatic carbocycles. The molecular weight excluding hydrogens is 436 g/mol. The fourth-order valence-electron chi connectivity index (χ4n) is 4.71. The van der Waals surface area contributed by atoms with Crippen LogP contribution >= 0.6 is 11.8 Å². The molecule has 2 atom stereocenters. The number of carbonyl (C=O) groups is 1. The van der Waals surface area contributed by atoms with E-state index in [1.54, 1.807) is 14.2 Å². The van der Waals surface area contributed by atoms with E-state index in [1.807, 2.05) is 36.0 Å². The molecule has 0 aromatic heterocycles. The lowest BCUT2D eigenvalue weighted by atomic mass is 9.76. The van der Waals surface area contributed by atoms with Gasteiger partial charge in [-0.25, -0.2) is 0 Å². The molecule has 6 heteroatoms. The van der Waals surface area contributed by atoms with Crippen LogP contribution in [0.1, 0.15) is 62.0 Å². The van der Waals surface area contributed by atoms with Crippen LogP contribution in [0.4, 0.5) is 0 Å². The Morgan fingerprint density at radius 2 is 1.64 bits per heavy atom. The summed E-state index contributed by atoms with van der Waals surface area (Å²) in [6.07, 6.45) is 9.14. The first kappa shape index (κ1) is 25.3. The number of hydrogen-bond acceptors (Lipinski definition) is 6. The first-order valence-corrected chi connectivity index (χ1v) is 12.9. The number of carbonyl (C=O) groups excluding carboxylic acids is 1. The van der Waals surface area contributed by atoms with E-state index in [-0.39, 0.29) is 10.7 Å². The summed E-state index contributed by atoms with van der Waals surface area (Å²) < 4.78 is 21.7. The molecule has 0 amide bonds. The molecule has 0 radical (unpaired) electrons. The highest BCUT2D eigenvalue weighted by Gasteiger charge is 2.45. The van der Waals surface area contributed by atoms with E-state index in [0.29, 0.717) is 18.9 Å². The predicted molar refractivity (Wildman–Crippen MR) is 134 cm³/mol. The maximum atomic E-state index is 11.3. The minimum atomic E-state index is -0.168. The van der Waals surface area contributed by atoms with Gasteiger partial charge in [-0.15, -0.1) is 11.8 Å². The molecule has 0 N–H and O–H groups in total. The van der Waals surface area contributed by atoms with Crippen molar-refractivity contribution in [2.45, 2.75) is 55.6 Å². The van der Waals surface area contributed by atoms with Crippen LogP contribution in [0.2, 0.25) is 0 Å². The van der Waals surface area contributed by atoms with Crippen molar-refractivity contribution in [3.63, 3.8) is 0 Å². The highest BCUT2D eigenvalue weighted by Crippen LogP contribution is 2.55. The van der Waals surface area contributed by atoms with Crippen molar-refractivity contribution in [1.82, 2.24) is 0 Å². The molecule has 33 heavy (non-hydrogen) atoms. The average molecular weight is 473 g/mol. The largest absolute Gasteiger partial charge is 0.497 e. The average Bonchev–Trinajstić information content (AvgIpc) is 2.87. The molecule has 0 fully saturated rings. The molecule has 0 saturated carbocycles. The van der Waals surface area contributed by atoms with Crippen molar-refractivity contribution < 1.29 is 23.7 Å². The molecule has 3 rings (SSSR count). The van der Waals surface area contributed by atoms with Gasteiger partial charge < -0.3 is 18.9 Å². The number of thioether (sulfide) groups is 1. The third kappa shape index (κ3) is 5.97. The van der Waals surface area contributed by atoms with Crippen LogP contribution in [-0.4, -0.2) is 40.2 Å². The minimum absolute atomic E-state index is 0.117. The molecule has 2 aromatic rings. The Labute approximate surface area is 202 Å². The van der Waals surface area contributed by atoms with Crippen LogP contribution in [0.5, 0.6) is 17.2 Å². The van der Waals surface area contributed by atoms with Crippen LogP contribution in [-0.2, 0) is 14.3 Å². The second-order valence-electron chi connectivity index (χ2n) is 8.45. The van der Waals surface area contributed by atoms with E-state index in [9.17, 15) is 4.79 Å². The van der Waals surface area contributed by atoms with Gasteiger partial charge in [-0.1, -0.05) is 43.9 Å². The monoisotopic (exact) mass is 472 g/mol. The van der Waals surface area contributed by atoms with Gasteiger partial charge in [0.05, 0.1) is 26.1 Å². The summed E-state index contributed by atoms with van der Waals surface area (Å²) in [5, 5.41) is 0. The number of fused-ring (bicyclic) bond motifs is 1. The first-order valence-electron chi connectivity index (χ1n) is 11.6. The SMILES string of the molecule is COC(=O)CCCCCCCC1c2ccc(OC)cc2OCC1(SC)c1ccc(OC)cc1. The van der Waals surface area contributed by atoms with Crippen LogP contribution in [0.3, 0.4) is 0 Å². The summed E-state index contributed by atoms with van der Waals surface area (Å²) in [5.74, 6) is 2.81. The zero-order chi connectivity index (χ0) is 23.7. The van der Waals surface area contributed by atoms with Crippen molar-refractivity contribution in [2.75, 3.05) is 34.2 Å². The van der Waals surface area contributed by atoms with Gasteiger partial charge in [0.25, 0.3) is 0 Å². The maximum Gasteiger partial charge on any atom is 0.305 e. The molecular formula is C27H36O5S. The number of methoxy groups -OCH3 is 3. The predicted octanol–water partition coefficient (Wildman–Crippen LogP) is 6.34. The second-order valence-corrected chi connectivity index (χ2v) is 9.59. The lowest BCUT2D eigenvalue weighted by molar-refractivity contribution is -0.140. The van der Waals surface area contributed by atoms with E-state index in [4.69, 9.17) is 18.9 Å². The lowest BCUT2D eigenvalue weighted by Crippen LogP contribution is -2.40. The van der Waals surface area contributed by atoms with Gasteiger partial charge >= 0.3 is 5.97 Å². The quantitative estimate of drug-likeness (QED) is 0.265. The van der Waals surface area contributed by atoms with Crippen molar-refractivity contribution in [1.29, 1.82) is 0 Å². The third-order valence-electron chi connectivity index (χ3n) is 6.65. The van der Waals surface area contributed by atoms with Crippen molar-refractivity contribution in [3.05, 3.63) is 53.6 Å². The normalized spacial score (nSPS) is 19.3. The molecule has 1 aliphatic rings. The summed E-state index contributed by atoms with van der Waals surface area (Å²) in [6.45, 7) is 0.616. The van der Waals surface area contributed by atoms with E-state index < -0.39 is 0 Å². The van der Waals surface area contributed by atoms with Gasteiger partial charge in [0.15, 0.2) is 0 Å². The number of benzene rings is 2. The van der Waals surface area contributed by atoms with Crippen LogP contribution in [0, 0.1) is 0 Å². The summed E-state index contributed by atoms with van der Waals surface area (Å²) in [5.41, 5.74) is 2.51. The molecule has 0 bridgehead atoms. The summed E-state index contributed by atoms with van der Waals surface area (Å²) in [6, 6.07) is 14.6. The number of esters is 1. The van der Waals surface area contributed by atoms with Crippen molar-refractivity contribution in [2.24, 2.45) is 0 Å². The molecule has 1 aliphatic heterocycles. The Morgan fingerprint density at radius 3 is 2.30 bits per heavy atom. The Balaban J connectivity index is 1.77. The summed E-state index contributed by atoms with van der Waals surface area (Å²) >= 11 is 1.87. The molecule has 180 valence electrons. The minimum Gasteiger partial charge on any atom is -0.497 e. The van der Waals surface area contributed by atoms with E-state index >= 15 is 0 Å². The molecule has 0 spiro atoms. The highest BCUT2D eigenvalue weighted by atomic mass is 32.2. The van der Waals surface area contributed by atoms with Gasteiger partial charge in [0.2, 0.25) is 0 Å². The van der Waals surface area contributed by atoms with Gasteiger partial charge in [-0.2, -0.15) is 0 Å². The summed E-state index contributed by atoms with van der Waals surface area (Å²) in [4.78, 5) is 11.3.